The van der Waals surface area contributed by atoms with Gasteiger partial charge in [-0.15, -0.1) is 0 Å². The largest absolute Gasteiger partial charge is 0.508 e. The van der Waals surface area contributed by atoms with Gasteiger partial charge in [-0.05, 0) is 57.7 Å². The van der Waals surface area contributed by atoms with Crippen LogP contribution in [0, 0.1) is 0 Å². The Morgan fingerprint density at radius 1 is 1.16 bits per heavy atom. The Balaban J connectivity index is 2.27. The number of hydrogen-bond donors (Lipinski definition) is 3. The molecule has 1 atom stereocenters. The van der Waals surface area contributed by atoms with E-state index in [9.17, 15) is 24.3 Å². The molecule has 1 aromatic carbocycles. The van der Waals surface area contributed by atoms with Crippen LogP contribution < -0.4 is 10.6 Å². The predicted molar refractivity (Wildman–Crippen MR) is 115 cm³/mol. The molecule has 1 fully saturated rings. The minimum atomic E-state index is -1.11. The van der Waals surface area contributed by atoms with E-state index in [1.54, 1.807) is 32.9 Å². The van der Waals surface area contributed by atoms with Crippen LogP contribution in [0.2, 0.25) is 0 Å². The first-order valence-corrected chi connectivity index (χ1v) is 10.4. The van der Waals surface area contributed by atoms with Crippen molar-refractivity contribution in [2.45, 2.75) is 57.7 Å². The van der Waals surface area contributed by atoms with Gasteiger partial charge in [0, 0.05) is 6.04 Å². The van der Waals surface area contributed by atoms with E-state index in [-0.39, 0.29) is 24.9 Å². The lowest BCUT2D eigenvalue weighted by atomic mass is 9.88. The molecule has 0 saturated heterocycles. The summed E-state index contributed by atoms with van der Waals surface area (Å²) < 4.78 is 9.73. The lowest BCUT2D eigenvalue weighted by Gasteiger charge is -2.42. The van der Waals surface area contributed by atoms with Gasteiger partial charge < -0.3 is 30.1 Å². The van der Waals surface area contributed by atoms with Gasteiger partial charge in [-0.1, -0.05) is 12.1 Å². The van der Waals surface area contributed by atoms with Crippen molar-refractivity contribution in [3.05, 3.63) is 29.8 Å². The zero-order valence-corrected chi connectivity index (χ0v) is 18.8. The Kier molecular flexibility index (Phi) is 8.45. The molecule has 0 heterocycles. The topological polar surface area (TPSA) is 134 Å². The summed E-state index contributed by atoms with van der Waals surface area (Å²) >= 11 is 0. The molecule has 10 heteroatoms. The third kappa shape index (κ3) is 7.14. The van der Waals surface area contributed by atoms with Crippen molar-refractivity contribution in [3.63, 3.8) is 0 Å². The number of carbonyl (C=O) groups is 4. The van der Waals surface area contributed by atoms with Crippen molar-refractivity contribution in [1.82, 2.24) is 15.5 Å². The molecule has 10 nitrogen and oxygen atoms in total. The van der Waals surface area contributed by atoms with E-state index in [4.69, 9.17) is 4.74 Å². The van der Waals surface area contributed by atoms with Crippen LogP contribution in [-0.2, 0) is 23.9 Å². The first kappa shape index (κ1) is 25.0. The first-order chi connectivity index (χ1) is 15.0. The van der Waals surface area contributed by atoms with Crippen molar-refractivity contribution in [2.24, 2.45) is 0 Å². The van der Waals surface area contributed by atoms with Gasteiger partial charge in [-0.3, -0.25) is 14.4 Å². The summed E-state index contributed by atoms with van der Waals surface area (Å²) in [5, 5.41) is 14.8. The molecule has 0 aromatic heterocycles. The second-order valence-corrected chi connectivity index (χ2v) is 8.53. The maximum atomic E-state index is 13.2. The number of amides is 3. The normalized spacial score (nSPS) is 14.5. The maximum absolute atomic E-state index is 13.2. The van der Waals surface area contributed by atoms with Crippen LogP contribution in [0.5, 0.6) is 5.75 Å². The molecule has 0 bridgehead atoms. The van der Waals surface area contributed by atoms with Crippen LogP contribution in [0.25, 0.3) is 0 Å². The average molecular weight is 450 g/mol. The number of carbonyl (C=O) groups excluding carboxylic acids is 4. The molecule has 1 aliphatic carbocycles. The third-order valence-corrected chi connectivity index (χ3v) is 4.89. The third-order valence-electron chi connectivity index (χ3n) is 4.89. The smallest absolute Gasteiger partial charge is 0.408 e. The van der Waals surface area contributed by atoms with Crippen LogP contribution in [0.1, 0.15) is 51.6 Å². The monoisotopic (exact) mass is 449 g/mol. The van der Waals surface area contributed by atoms with E-state index in [0.717, 1.165) is 6.42 Å². The maximum Gasteiger partial charge on any atom is 0.408 e. The van der Waals surface area contributed by atoms with E-state index >= 15 is 0 Å². The van der Waals surface area contributed by atoms with Crippen molar-refractivity contribution >= 4 is 23.9 Å². The molecule has 1 saturated carbocycles. The highest BCUT2D eigenvalue weighted by molar-refractivity contribution is 5.92. The highest BCUT2D eigenvalue weighted by Crippen LogP contribution is 2.33. The number of alkyl carbamates (subject to hydrolysis) is 1. The number of phenols is 1. The Morgan fingerprint density at radius 3 is 2.38 bits per heavy atom. The molecule has 0 spiro atoms. The molecule has 1 aliphatic rings. The number of hydrogen-bond acceptors (Lipinski definition) is 7. The van der Waals surface area contributed by atoms with Crippen LogP contribution in [-0.4, -0.2) is 65.7 Å². The van der Waals surface area contributed by atoms with E-state index in [1.165, 1.54) is 24.1 Å². The molecule has 3 N–H and O–H groups in total. The van der Waals surface area contributed by atoms with E-state index in [1.807, 2.05) is 0 Å². The van der Waals surface area contributed by atoms with Gasteiger partial charge in [0.25, 0.3) is 0 Å². The second-order valence-electron chi connectivity index (χ2n) is 8.53. The summed E-state index contributed by atoms with van der Waals surface area (Å²) in [6, 6.07) is 4.69. The summed E-state index contributed by atoms with van der Waals surface area (Å²) in [7, 11) is 1.20. The van der Waals surface area contributed by atoms with Crippen LogP contribution in [0.4, 0.5) is 4.79 Å². The summed E-state index contributed by atoms with van der Waals surface area (Å²) in [5.41, 5.74) is -0.344. The van der Waals surface area contributed by atoms with Gasteiger partial charge in [-0.2, -0.15) is 0 Å². The Hall–Kier alpha value is -3.30. The Labute approximate surface area is 187 Å². The zero-order valence-electron chi connectivity index (χ0n) is 18.8. The van der Waals surface area contributed by atoms with Gasteiger partial charge >= 0.3 is 12.1 Å². The number of rotatable bonds is 8. The fourth-order valence-corrected chi connectivity index (χ4v) is 3.24. The number of ether oxygens (including phenoxy) is 2. The summed E-state index contributed by atoms with van der Waals surface area (Å²) in [6.45, 7) is 4.38. The molecule has 0 radical (unpaired) electrons. The number of phenolic OH excluding ortho intramolecular Hbond substituents is 1. The number of benzene rings is 1. The molecule has 1 unspecified atom stereocenters. The van der Waals surface area contributed by atoms with Gasteiger partial charge in [0.1, 0.15) is 30.5 Å². The fourth-order valence-electron chi connectivity index (χ4n) is 3.24. The second kappa shape index (κ2) is 10.8. The number of nitrogens with zero attached hydrogens (tertiary/aromatic N) is 1. The van der Waals surface area contributed by atoms with E-state index in [0.29, 0.717) is 18.4 Å². The number of aromatic hydroxyl groups is 1. The van der Waals surface area contributed by atoms with Gasteiger partial charge in [0.15, 0.2) is 0 Å². The molecular formula is C22H31N3O7. The quantitative estimate of drug-likeness (QED) is 0.514. The van der Waals surface area contributed by atoms with Crippen LogP contribution >= 0.6 is 0 Å². The van der Waals surface area contributed by atoms with Gasteiger partial charge in [-0.25, -0.2) is 4.79 Å². The van der Waals surface area contributed by atoms with Gasteiger partial charge in [0.2, 0.25) is 11.8 Å². The van der Waals surface area contributed by atoms with Crippen LogP contribution in [0.15, 0.2) is 24.3 Å². The van der Waals surface area contributed by atoms with Gasteiger partial charge in [0.05, 0.1) is 7.11 Å². The lowest BCUT2D eigenvalue weighted by molar-refractivity contribution is -0.146. The molecule has 2 rings (SSSR count). The molecule has 0 aliphatic heterocycles. The van der Waals surface area contributed by atoms with E-state index < -0.39 is 35.5 Å². The van der Waals surface area contributed by atoms with Crippen molar-refractivity contribution < 1.29 is 33.8 Å². The highest BCUT2D eigenvalue weighted by Gasteiger charge is 2.39. The predicted octanol–water partition coefficient (Wildman–Crippen LogP) is 1.63. The summed E-state index contributed by atoms with van der Waals surface area (Å²) in [4.78, 5) is 51.2. The number of nitrogens with one attached hydrogen (secondary N) is 2. The SMILES string of the molecule is COC(=O)CNC(=O)C(c1cccc(O)c1)N(C(=O)CNC(=O)OC(C)(C)C)C1CCC1. The van der Waals surface area contributed by atoms with Crippen molar-refractivity contribution in [2.75, 3.05) is 20.2 Å². The number of methoxy groups -OCH3 is 1. The molecule has 176 valence electrons. The molecular weight excluding hydrogens is 418 g/mol. The lowest BCUT2D eigenvalue weighted by Crippen LogP contribution is -2.54. The molecule has 32 heavy (non-hydrogen) atoms. The minimum absolute atomic E-state index is 0.0684. The van der Waals surface area contributed by atoms with Crippen molar-refractivity contribution in [3.8, 4) is 5.75 Å². The van der Waals surface area contributed by atoms with E-state index in [2.05, 4.69) is 15.4 Å². The Morgan fingerprint density at radius 2 is 1.84 bits per heavy atom. The number of esters is 1. The summed E-state index contributed by atoms with van der Waals surface area (Å²) in [5.74, 6) is -1.79. The highest BCUT2D eigenvalue weighted by atomic mass is 16.6. The fraction of sp³-hybridized carbons (Fsp3) is 0.545. The summed E-state index contributed by atoms with van der Waals surface area (Å²) in [6.07, 6.45) is 1.53. The van der Waals surface area contributed by atoms with Crippen LogP contribution in [0.3, 0.4) is 0 Å². The Bertz CT molecular complexity index is 846. The average Bonchev–Trinajstić information content (AvgIpc) is 2.67. The molecule has 1 aromatic rings. The van der Waals surface area contributed by atoms with Crippen molar-refractivity contribution in [1.29, 1.82) is 0 Å². The molecule has 3 amide bonds. The zero-order chi connectivity index (χ0) is 23.9. The minimum Gasteiger partial charge on any atom is -0.508 e. The first-order valence-electron chi connectivity index (χ1n) is 10.4. The standard InChI is InChI=1S/C22H31N3O7/c1-22(2,3)32-21(30)24-12-17(27)25(15-8-6-9-15)19(14-7-5-10-16(26)11-14)20(29)23-13-18(28)31-4/h5,7,10-11,15,19,26H,6,8-9,12-13H2,1-4H3,(H,23,29)(H,24,30).